The SMILES string of the molecule is C[C@H]1CNC(=O)CN1C. The third kappa shape index (κ3) is 1.42. The maximum Gasteiger partial charge on any atom is 0.234 e. The second-order valence-electron chi connectivity index (χ2n) is 2.57. The fraction of sp³-hybridized carbons (Fsp3) is 0.833. The van der Waals surface area contributed by atoms with Crippen molar-refractivity contribution in [3.8, 4) is 0 Å². The number of carbonyl (C=O) groups is 1. The van der Waals surface area contributed by atoms with Gasteiger partial charge in [0.25, 0.3) is 0 Å². The van der Waals surface area contributed by atoms with Crippen molar-refractivity contribution in [2.45, 2.75) is 13.0 Å². The van der Waals surface area contributed by atoms with Crippen molar-refractivity contribution in [3.63, 3.8) is 0 Å². The Kier molecular flexibility index (Phi) is 1.71. The first kappa shape index (κ1) is 6.55. The Balaban J connectivity index is 2.44. The average molecular weight is 128 g/mol. The summed E-state index contributed by atoms with van der Waals surface area (Å²) in [5.41, 5.74) is 0. The number of likely N-dealkylation sites (N-methyl/N-ethyl adjacent to an activating group) is 1. The minimum absolute atomic E-state index is 0.135. The van der Waals surface area contributed by atoms with Gasteiger partial charge in [-0.05, 0) is 14.0 Å². The third-order valence-electron chi connectivity index (χ3n) is 1.74. The van der Waals surface area contributed by atoms with Crippen molar-refractivity contribution in [1.82, 2.24) is 10.2 Å². The van der Waals surface area contributed by atoms with Crippen LogP contribution in [0.2, 0.25) is 0 Å². The molecular formula is C6H12N2O. The number of hydrogen-bond acceptors (Lipinski definition) is 2. The second-order valence-corrected chi connectivity index (χ2v) is 2.57. The van der Waals surface area contributed by atoms with E-state index in [-0.39, 0.29) is 5.91 Å². The topological polar surface area (TPSA) is 32.3 Å². The van der Waals surface area contributed by atoms with Crippen LogP contribution in [-0.2, 0) is 4.79 Å². The molecule has 0 bridgehead atoms. The first-order valence-corrected chi connectivity index (χ1v) is 3.17. The molecule has 0 spiro atoms. The molecule has 1 aliphatic heterocycles. The Morgan fingerprint density at radius 2 is 2.44 bits per heavy atom. The van der Waals surface area contributed by atoms with Crippen LogP contribution >= 0.6 is 0 Å². The van der Waals surface area contributed by atoms with Gasteiger partial charge in [0.1, 0.15) is 0 Å². The van der Waals surface area contributed by atoms with E-state index in [1.165, 1.54) is 0 Å². The third-order valence-corrected chi connectivity index (χ3v) is 1.74. The molecule has 1 atom stereocenters. The molecule has 1 fully saturated rings. The van der Waals surface area contributed by atoms with E-state index in [9.17, 15) is 4.79 Å². The van der Waals surface area contributed by atoms with E-state index in [4.69, 9.17) is 0 Å². The molecule has 3 nitrogen and oxygen atoms in total. The first-order valence-electron chi connectivity index (χ1n) is 3.17. The van der Waals surface area contributed by atoms with Crippen LogP contribution in [0, 0.1) is 0 Å². The summed E-state index contributed by atoms with van der Waals surface area (Å²) in [4.78, 5) is 12.7. The van der Waals surface area contributed by atoms with Gasteiger partial charge < -0.3 is 5.32 Å². The molecule has 0 radical (unpaired) electrons. The van der Waals surface area contributed by atoms with Crippen LogP contribution in [-0.4, -0.2) is 37.0 Å². The van der Waals surface area contributed by atoms with Crippen LogP contribution in [0.15, 0.2) is 0 Å². The maximum atomic E-state index is 10.7. The molecule has 1 N–H and O–H groups in total. The van der Waals surface area contributed by atoms with Gasteiger partial charge in [-0.1, -0.05) is 0 Å². The highest BCUT2D eigenvalue weighted by atomic mass is 16.2. The highest BCUT2D eigenvalue weighted by molar-refractivity contribution is 5.78. The normalized spacial score (nSPS) is 30.0. The molecule has 1 aliphatic rings. The molecular weight excluding hydrogens is 116 g/mol. The van der Waals surface area contributed by atoms with Crippen molar-refractivity contribution in [1.29, 1.82) is 0 Å². The summed E-state index contributed by atoms with van der Waals surface area (Å²) in [6.45, 7) is 3.43. The summed E-state index contributed by atoms with van der Waals surface area (Å²) in [5, 5.41) is 2.78. The van der Waals surface area contributed by atoms with Crippen molar-refractivity contribution in [2.75, 3.05) is 20.1 Å². The minimum atomic E-state index is 0.135. The molecule has 9 heavy (non-hydrogen) atoms. The summed E-state index contributed by atoms with van der Waals surface area (Å²) >= 11 is 0. The number of hydrogen-bond donors (Lipinski definition) is 1. The summed E-state index contributed by atoms with van der Waals surface area (Å²) in [5.74, 6) is 0.135. The molecule has 3 heteroatoms. The van der Waals surface area contributed by atoms with Crippen molar-refractivity contribution < 1.29 is 4.79 Å². The lowest BCUT2D eigenvalue weighted by Crippen LogP contribution is -2.51. The summed E-state index contributed by atoms with van der Waals surface area (Å²) in [6, 6.07) is 0.489. The second kappa shape index (κ2) is 2.35. The largest absolute Gasteiger partial charge is 0.353 e. The van der Waals surface area contributed by atoms with Crippen LogP contribution in [0.1, 0.15) is 6.92 Å². The maximum absolute atomic E-state index is 10.7. The minimum Gasteiger partial charge on any atom is -0.353 e. The molecule has 0 unspecified atom stereocenters. The Bertz CT molecular complexity index is 124. The predicted molar refractivity (Wildman–Crippen MR) is 35.1 cm³/mol. The molecule has 0 aromatic rings. The van der Waals surface area contributed by atoms with Gasteiger partial charge in [-0.15, -0.1) is 0 Å². The summed E-state index contributed by atoms with van der Waals surface area (Å²) < 4.78 is 0. The Labute approximate surface area is 55.0 Å². The lowest BCUT2D eigenvalue weighted by atomic mass is 10.2. The highest BCUT2D eigenvalue weighted by Crippen LogP contribution is 1.97. The average Bonchev–Trinajstić information content (AvgIpc) is 1.80. The van der Waals surface area contributed by atoms with E-state index in [1.807, 2.05) is 11.9 Å². The van der Waals surface area contributed by atoms with Crippen molar-refractivity contribution in [2.24, 2.45) is 0 Å². The summed E-state index contributed by atoms with van der Waals surface area (Å²) in [6.07, 6.45) is 0. The number of nitrogens with zero attached hydrogens (tertiary/aromatic N) is 1. The zero-order valence-electron chi connectivity index (χ0n) is 5.85. The quantitative estimate of drug-likeness (QED) is 0.474. The van der Waals surface area contributed by atoms with E-state index < -0.39 is 0 Å². The zero-order chi connectivity index (χ0) is 6.85. The molecule has 1 saturated heterocycles. The number of rotatable bonds is 0. The molecule has 1 heterocycles. The summed E-state index contributed by atoms with van der Waals surface area (Å²) in [7, 11) is 1.96. The molecule has 0 saturated carbocycles. The van der Waals surface area contributed by atoms with E-state index in [0.717, 1.165) is 6.54 Å². The predicted octanol–water partition coefficient (Wildman–Crippen LogP) is -0.563. The van der Waals surface area contributed by atoms with Gasteiger partial charge in [-0.2, -0.15) is 0 Å². The number of carbonyl (C=O) groups excluding carboxylic acids is 1. The number of piperazine rings is 1. The van der Waals surface area contributed by atoms with Crippen LogP contribution in [0.3, 0.4) is 0 Å². The standard InChI is InChI=1S/C6H12N2O/c1-5-3-7-6(9)4-8(5)2/h5H,3-4H2,1-2H3,(H,7,9)/t5-/m0/s1. The first-order chi connectivity index (χ1) is 4.20. The monoisotopic (exact) mass is 128 g/mol. The van der Waals surface area contributed by atoms with Gasteiger partial charge in [0.05, 0.1) is 6.54 Å². The van der Waals surface area contributed by atoms with Crippen molar-refractivity contribution >= 4 is 5.91 Å². The van der Waals surface area contributed by atoms with E-state index in [2.05, 4.69) is 12.2 Å². The van der Waals surface area contributed by atoms with Gasteiger partial charge >= 0.3 is 0 Å². The Hall–Kier alpha value is -0.570. The molecule has 0 aliphatic carbocycles. The molecule has 52 valence electrons. The van der Waals surface area contributed by atoms with E-state index in [1.54, 1.807) is 0 Å². The number of amides is 1. The molecule has 1 amide bonds. The Morgan fingerprint density at radius 3 is 2.89 bits per heavy atom. The highest BCUT2D eigenvalue weighted by Gasteiger charge is 2.18. The van der Waals surface area contributed by atoms with Crippen LogP contribution in [0.4, 0.5) is 0 Å². The van der Waals surface area contributed by atoms with Gasteiger partial charge in [-0.3, -0.25) is 9.69 Å². The number of nitrogens with one attached hydrogen (secondary N) is 1. The smallest absolute Gasteiger partial charge is 0.234 e. The van der Waals surface area contributed by atoms with Crippen molar-refractivity contribution in [3.05, 3.63) is 0 Å². The zero-order valence-corrected chi connectivity index (χ0v) is 5.85. The van der Waals surface area contributed by atoms with Gasteiger partial charge in [0, 0.05) is 12.6 Å². The Morgan fingerprint density at radius 1 is 1.78 bits per heavy atom. The van der Waals surface area contributed by atoms with Gasteiger partial charge in [0.2, 0.25) is 5.91 Å². The van der Waals surface area contributed by atoms with Crippen LogP contribution in [0.5, 0.6) is 0 Å². The lowest BCUT2D eigenvalue weighted by Gasteiger charge is -2.29. The van der Waals surface area contributed by atoms with Gasteiger partial charge in [-0.25, -0.2) is 0 Å². The van der Waals surface area contributed by atoms with Crippen LogP contribution < -0.4 is 5.32 Å². The molecule has 0 aromatic carbocycles. The molecule has 0 aromatic heterocycles. The molecule has 1 rings (SSSR count). The van der Waals surface area contributed by atoms with E-state index >= 15 is 0 Å². The fourth-order valence-electron chi connectivity index (χ4n) is 0.856. The fourth-order valence-corrected chi connectivity index (χ4v) is 0.856. The van der Waals surface area contributed by atoms with Gasteiger partial charge in [0.15, 0.2) is 0 Å². The van der Waals surface area contributed by atoms with Crippen LogP contribution in [0.25, 0.3) is 0 Å². The van der Waals surface area contributed by atoms with E-state index in [0.29, 0.717) is 12.6 Å². The lowest BCUT2D eigenvalue weighted by molar-refractivity contribution is -0.124.